The first kappa shape index (κ1) is 10.9. The summed E-state index contributed by atoms with van der Waals surface area (Å²) < 4.78 is 18.5. The van der Waals surface area contributed by atoms with Gasteiger partial charge in [0.2, 0.25) is 0 Å². The Labute approximate surface area is 96.7 Å². The van der Waals surface area contributed by atoms with Gasteiger partial charge in [-0.25, -0.2) is 9.37 Å². The second kappa shape index (κ2) is 4.49. The predicted octanol–water partition coefficient (Wildman–Crippen LogP) is 2.46. The van der Waals surface area contributed by atoms with Crippen molar-refractivity contribution in [1.82, 2.24) is 4.98 Å². The summed E-state index contributed by atoms with van der Waals surface area (Å²) in [6.45, 7) is 0. The normalized spacial score (nSPS) is 10.4. The summed E-state index contributed by atoms with van der Waals surface area (Å²) >= 11 is 1.36. The van der Waals surface area contributed by atoms with Crippen LogP contribution >= 0.6 is 11.3 Å². The van der Waals surface area contributed by atoms with Crippen molar-refractivity contribution in [3.05, 3.63) is 40.7 Å². The van der Waals surface area contributed by atoms with Crippen LogP contribution in [-0.2, 0) is 6.42 Å². The van der Waals surface area contributed by atoms with E-state index in [4.69, 9.17) is 10.5 Å². The minimum atomic E-state index is -0.243. The number of nitrogen functional groups attached to an aromatic ring is 1. The molecule has 0 atom stereocenters. The molecule has 0 aliphatic carbocycles. The molecule has 84 valence electrons. The minimum Gasteiger partial charge on any atom is -0.497 e. The largest absolute Gasteiger partial charge is 0.497 e. The van der Waals surface area contributed by atoms with Crippen LogP contribution in [0.5, 0.6) is 5.75 Å². The summed E-state index contributed by atoms with van der Waals surface area (Å²) in [5, 5.41) is 0.498. The van der Waals surface area contributed by atoms with E-state index < -0.39 is 0 Å². The first-order valence-electron chi connectivity index (χ1n) is 4.71. The Kier molecular flexibility index (Phi) is 3.05. The second-order valence-electron chi connectivity index (χ2n) is 3.30. The van der Waals surface area contributed by atoms with Crippen molar-refractivity contribution < 1.29 is 9.13 Å². The highest BCUT2D eigenvalue weighted by Crippen LogP contribution is 2.23. The molecule has 0 aliphatic heterocycles. The lowest BCUT2D eigenvalue weighted by Crippen LogP contribution is -1.92. The van der Waals surface area contributed by atoms with Crippen LogP contribution in [0, 0.1) is 5.82 Å². The molecule has 16 heavy (non-hydrogen) atoms. The quantitative estimate of drug-likeness (QED) is 0.893. The van der Waals surface area contributed by atoms with Gasteiger partial charge in [-0.2, -0.15) is 0 Å². The molecule has 0 bridgehead atoms. The maximum Gasteiger partial charge on any atom is 0.180 e. The van der Waals surface area contributed by atoms with E-state index >= 15 is 0 Å². The molecule has 1 heterocycles. The zero-order valence-electron chi connectivity index (χ0n) is 8.74. The molecule has 2 rings (SSSR count). The van der Waals surface area contributed by atoms with Crippen molar-refractivity contribution in [2.45, 2.75) is 6.42 Å². The number of thiazole rings is 1. The average Bonchev–Trinajstić information content (AvgIpc) is 2.67. The van der Waals surface area contributed by atoms with Gasteiger partial charge < -0.3 is 10.5 Å². The van der Waals surface area contributed by atoms with Gasteiger partial charge in [0.1, 0.15) is 11.6 Å². The topological polar surface area (TPSA) is 48.1 Å². The number of hydrogen-bond donors (Lipinski definition) is 1. The second-order valence-corrected chi connectivity index (χ2v) is 4.45. The first-order valence-corrected chi connectivity index (χ1v) is 5.53. The SMILES string of the molecule is COc1ccc(F)c(Cc2cnc(N)s2)c1. The van der Waals surface area contributed by atoms with Gasteiger partial charge in [0, 0.05) is 17.5 Å². The van der Waals surface area contributed by atoms with E-state index in [1.165, 1.54) is 17.4 Å². The summed E-state index contributed by atoms with van der Waals surface area (Å²) in [6.07, 6.45) is 2.15. The number of hydrogen-bond acceptors (Lipinski definition) is 4. The third kappa shape index (κ3) is 2.30. The Morgan fingerprint density at radius 3 is 2.94 bits per heavy atom. The first-order chi connectivity index (χ1) is 7.69. The highest BCUT2D eigenvalue weighted by Gasteiger charge is 2.07. The predicted molar refractivity (Wildman–Crippen MR) is 62.3 cm³/mol. The Morgan fingerprint density at radius 1 is 1.50 bits per heavy atom. The fraction of sp³-hybridized carbons (Fsp3) is 0.182. The van der Waals surface area contributed by atoms with Gasteiger partial charge in [0.25, 0.3) is 0 Å². The van der Waals surface area contributed by atoms with Gasteiger partial charge in [-0.1, -0.05) is 0 Å². The lowest BCUT2D eigenvalue weighted by molar-refractivity contribution is 0.413. The summed E-state index contributed by atoms with van der Waals surface area (Å²) in [4.78, 5) is 4.86. The van der Waals surface area contributed by atoms with Crippen LogP contribution in [0.2, 0.25) is 0 Å². The molecule has 1 aromatic heterocycles. The van der Waals surface area contributed by atoms with Gasteiger partial charge in [-0.05, 0) is 23.8 Å². The molecule has 0 amide bonds. The van der Waals surface area contributed by atoms with Crippen molar-refractivity contribution in [2.24, 2.45) is 0 Å². The number of ether oxygens (including phenoxy) is 1. The van der Waals surface area contributed by atoms with E-state index in [1.54, 1.807) is 25.4 Å². The zero-order chi connectivity index (χ0) is 11.5. The lowest BCUT2D eigenvalue weighted by Gasteiger charge is -2.04. The number of rotatable bonds is 3. The van der Waals surface area contributed by atoms with Gasteiger partial charge in [0.15, 0.2) is 5.13 Å². The molecule has 2 aromatic rings. The third-order valence-electron chi connectivity index (χ3n) is 2.19. The molecular weight excluding hydrogens is 227 g/mol. The number of nitrogens with zero attached hydrogens (tertiary/aromatic N) is 1. The van der Waals surface area contributed by atoms with E-state index in [0.29, 0.717) is 22.9 Å². The van der Waals surface area contributed by atoms with Crippen molar-refractivity contribution >= 4 is 16.5 Å². The van der Waals surface area contributed by atoms with Crippen LogP contribution in [0.3, 0.4) is 0 Å². The molecule has 0 fully saturated rings. The van der Waals surface area contributed by atoms with Gasteiger partial charge in [-0.3, -0.25) is 0 Å². The smallest absolute Gasteiger partial charge is 0.180 e. The van der Waals surface area contributed by atoms with E-state index in [0.717, 1.165) is 4.88 Å². The number of methoxy groups -OCH3 is 1. The fourth-order valence-corrected chi connectivity index (χ4v) is 2.11. The standard InChI is InChI=1S/C11H11FN2OS/c1-15-8-2-3-10(12)7(4-8)5-9-6-14-11(13)16-9/h2-4,6H,5H2,1H3,(H2,13,14). The molecule has 1 aromatic carbocycles. The van der Waals surface area contributed by atoms with E-state index in [2.05, 4.69) is 4.98 Å². The van der Waals surface area contributed by atoms with Crippen LogP contribution in [0.15, 0.2) is 24.4 Å². The number of anilines is 1. The van der Waals surface area contributed by atoms with Crippen molar-refractivity contribution in [2.75, 3.05) is 12.8 Å². The maximum absolute atomic E-state index is 13.5. The van der Waals surface area contributed by atoms with E-state index in [1.807, 2.05) is 0 Å². The number of aromatic nitrogens is 1. The van der Waals surface area contributed by atoms with Crippen LogP contribution in [-0.4, -0.2) is 12.1 Å². The van der Waals surface area contributed by atoms with Gasteiger partial charge in [-0.15, -0.1) is 11.3 Å². The molecule has 0 saturated heterocycles. The monoisotopic (exact) mass is 238 g/mol. The van der Waals surface area contributed by atoms with E-state index in [-0.39, 0.29) is 5.82 Å². The Morgan fingerprint density at radius 2 is 2.31 bits per heavy atom. The average molecular weight is 238 g/mol. The summed E-state index contributed by atoms with van der Waals surface area (Å²) in [5.74, 6) is 0.404. The summed E-state index contributed by atoms with van der Waals surface area (Å²) in [7, 11) is 1.56. The van der Waals surface area contributed by atoms with Crippen molar-refractivity contribution in [3.63, 3.8) is 0 Å². The Bertz CT molecular complexity index is 498. The molecule has 0 spiro atoms. The molecule has 2 N–H and O–H groups in total. The Hall–Kier alpha value is -1.62. The fourth-order valence-electron chi connectivity index (χ4n) is 1.41. The van der Waals surface area contributed by atoms with Gasteiger partial charge in [0.05, 0.1) is 7.11 Å². The van der Waals surface area contributed by atoms with E-state index in [9.17, 15) is 4.39 Å². The van der Waals surface area contributed by atoms with Crippen LogP contribution in [0.4, 0.5) is 9.52 Å². The van der Waals surface area contributed by atoms with Crippen LogP contribution < -0.4 is 10.5 Å². The van der Waals surface area contributed by atoms with Crippen molar-refractivity contribution in [3.8, 4) is 5.75 Å². The highest BCUT2D eigenvalue weighted by atomic mass is 32.1. The molecule has 3 nitrogen and oxygen atoms in total. The Balaban J connectivity index is 2.26. The van der Waals surface area contributed by atoms with Crippen molar-refractivity contribution in [1.29, 1.82) is 0 Å². The zero-order valence-corrected chi connectivity index (χ0v) is 9.55. The number of halogens is 1. The summed E-state index contributed by atoms with van der Waals surface area (Å²) in [5.41, 5.74) is 6.10. The summed E-state index contributed by atoms with van der Waals surface area (Å²) in [6, 6.07) is 4.68. The van der Waals surface area contributed by atoms with Gasteiger partial charge >= 0.3 is 0 Å². The van der Waals surface area contributed by atoms with Crippen LogP contribution in [0.25, 0.3) is 0 Å². The third-order valence-corrected chi connectivity index (χ3v) is 3.02. The number of nitrogens with two attached hydrogens (primary N) is 1. The van der Waals surface area contributed by atoms with Crippen LogP contribution in [0.1, 0.15) is 10.4 Å². The highest BCUT2D eigenvalue weighted by molar-refractivity contribution is 7.15. The molecule has 0 unspecified atom stereocenters. The maximum atomic E-state index is 13.5. The number of benzene rings is 1. The molecule has 5 heteroatoms. The molecule has 0 aliphatic rings. The lowest BCUT2D eigenvalue weighted by atomic mass is 10.1. The molecular formula is C11H11FN2OS. The minimum absolute atomic E-state index is 0.243. The molecule has 0 saturated carbocycles. The molecule has 0 radical (unpaired) electrons.